The fraction of sp³-hybridized carbons (Fsp3) is 0.500. The molecule has 0 spiro atoms. The third-order valence-corrected chi connectivity index (χ3v) is 5.37. The van der Waals surface area contributed by atoms with Crippen LogP contribution in [0, 0.1) is 23.4 Å². The summed E-state index contributed by atoms with van der Waals surface area (Å²) in [5, 5.41) is 0. The first-order valence-electron chi connectivity index (χ1n) is 6.14. The Morgan fingerprint density at radius 3 is 2.55 bits per heavy atom. The number of hydrogen-bond acceptors (Lipinski definition) is 4. The van der Waals surface area contributed by atoms with Crippen LogP contribution in [0.3, 0.4) is 0 Å². The molecule has 0 aliphatic carbocycles. The van der Waals surface area contributed by atoms with Crippen molar-refractivity contribution in [3.8, 4) is 0 Å². The van der Waals surface area contributed by atoms with E-state index in [2.05, 4.69) is 5.43 Å². The minimum absolute atomic E-state index is 0.0104. The lowest BCUT2D eigenvalue weighted by Crippen LogP contribution is -2.31. The van der Waals surface area contributed by atoms with Crippen LogP contribution in [0.15, 0.2) is 12.1 Å². The minimum Gasteiger partial charge on any atom is -0.271 e. The van der Waals surface area contributed by atoms with Crippen molar-refractivity contribution < 1.29 is 21.6 Å². The third kappa shape index (κ3) is 3.13. The normalized spacial score (nSPS) is 22.9. The Labute approximate surface area is 115 Å². The molecule has 20 heavy (non-hydrogen) atoms. The molecule has 1 aromatic carbocycles. The van der Waals surface area contributed by atoms with Crippen molar-refractivity contribution in [3.05, 3.63) is 35.1 Å². The highest BCUT2D eigenvalue weighted by molar-refractivity contribution is 7.91. The molecule has 2 unspecified atom stereocenters. The number of halogens is 3. The molecule has 1 aromatic rings. The van der Waals surface area contributed by atoms with E-state index in [-0.39, 0.29) is 29.4 Å². The highest BCUT2D eigenvalue weighted by Crippen LogP contribution is 2.30. The Hall–Kier alpha value is -1.12. The van der Waals surface area contributed by atoms with Gasteiger partial charge in [0.2, 0.25) is 0 Å². The molecule has 1 heterocycles. The Kier molecular flexibility index (Phi) is 4.36. The lowest BCUT2D eigenvalue weighted by atomic mass is 9.94. The average molecular weight is 308 g/mol. The van der Waals surface area contributed by atoms with Crippen LogP contribution in [0.25, 0.3) is 0 Å². The zero-order chi connectivity index (χ0) is 14.9. The molecule has 0 bridgehead atoms. The van der Waals surface area contributed by atoms with E-state index in [4.69, 9.17) is 5.84 Å². The second-order valence-corrected chi connectivity index (χ2v) is 7.22. The molecular formula is C12H15F3N2O2S. The maximum atomic E-state index is 13.7. The third-order valence-electron chi connectivity index (χ3n) is 3.54. The first kappa shape index (κ1) is 15.3. The molecule has 0 saturated carbocycles. The summed E-state index contributed by atoms with van der Waals surface area (Å²) >= 11 is 0. The molecule has 3 N–H and O–H groups in total. The van der Waals surface area contributed by atoms with Gasteiger partial charge in [-0.15, -0.1) is 0 Å². The number of rotatable bonds is 4. The SMILES string of the molecule is NNC(CC1CCS(=O)(=O)C1)c1ccc(F)c(F)c1F. The second-order valence-electron chi connectivity index (χ2n) is 4.99. The Morgan fingerprint density at radius 1 is 1.30 bits per heavy atom. The van der Waals surface area contributed by atoms with Gasteiger partial charge < -0.3 is 0 Å². The molecule has 2 rings (SSSR count). The highest BCUT2D eigenvalue weighted by atomic mass is 32.2. The summed E-state index contributed by atoms with van der Waals surface area (Å²) in [6, 6.07) is 1.17. The van der Waals surface area contributed by atoms with Crippen molar-refractivity contribution in [3.63, 3.8) is 0 Å². The van der Waals surface area contributed by atoms with Crippen LogP contribution >= 0.6 is 0 Å². The molecule has 1 saturated heterocycles. The smallest absolute Gasteiger partial charge is 0.194 e. The number of nitrogens with one attached hydrogen (secondary N) is 1. The number of benzene rings is 1. The predicted molar refractivity (Wildman–Crippen MR) is 67.8 cm³/mol. The van der Waals surface area contributed by atoms with Gasteiger partial charge in [0.25, 0.3) is 0 Å². The van der Waals surface area contributed by atoms with Gasteiger partial charge in [-0.05, 0) is 24.8 Å². The topological polar surface area (TPSA) is 72.2 Å². The van der Waals surface area contributed by atoms with Gasteiger partial charge in [-0.1, -0.05) is 6.07 Å². The molecule has 1 aliphatic rings. The first-order chi connectivity index (χ1) is 9.34. The summed E-state index contributed by atoms with van der Waals surface area (Å²) in [6.45, 7) is 0. The monoisotopic (exact) mass is 308 g/mol. The van der Waals surface area contributed by atoms with E-state index >= 15 is 0 Å². The fourth-order valence-electron chi connectivity index (χ4n) is 2.49. The summed E-state index contributed by atoms with van der Waals surface area (Å²) in [4.78, 5) is 0. The fourth-order valence-corrected chi connectivity index (χ4v) is 4.37. The summed E-state index contributed by atoms with van der Waals surface area (Å²) in [5.41, 5.74) is 2.23. The van der Waals surface area contributed by atoms with Gasteiger partial charge in [0, 0.05) is 11.6 Å². The van der Waals surface area contributed by atoms with E-state index in [1.165, 1.54) is 0 Å². The predicted octanol–water partition coefficient (Wildman–Crippen LogP) is 1.43. The average Bonchev–Trinajstić information content (AvgIpc) is 2.73. The van der Waals surface area contributed by atoms with Gasteiger partial charge in [0.1, 0.15) is 0 Å². The zero-order valence-corrected chi connectivity index (χ0v) is 11.4. The van der Waals surface area contributed by atoms with Crippen LogP contribution in [0.5, 0.6) is 0 Å². The summed E-state index contributed by atoms with van der Waals surface area (Å²) in [5.74, 6) is 1.13. The van der Waals surface area contributed by atoms with Gasteiger partial charge in [-0.3, -0.25) is 11.3 Å². The molecular weight excluding hydrogens is 293 g/mol. The molecule has 4 nitrogen and oxygen atoms in total. The van der Waals surface area contributed by atoms with Crippen molar-refractivity contribution >= 4 is 9.84 Å². The van der Waals surface area contributed by atoms with Crippen LogP contribution in [0.2, 0.25) is 0 Å². The largest absolute Gasteiger partial charge is 0.271 e. The van der Waals surface area contributed by atoms with Gasteiger partial charge >= 0.3 is 0 Å². The minimum atomic E-state index is -3.05. The van der Waals surface area contributed by atoms with Crippen molar-refractivity contribution in [2.45, 2.75) is 18.9 Å². The molecule has 0 radical (unpaired) electrons. The number of hydrogen-bond donors (Lipinski definition) is 2. The molecule has 1 aliphatic heterocycles. The van der Waals surface area contributed by atoms with Crippen LogP contribution in [-0.2, 0) is 9.84 Å². The first-order valence-corrected chi connectivity index (χ1v) is 7.96. The van der Waals surface area contributed by atoms with E-state index in [9.17, 15) is 21.6 Å². The Balaban J connectivity index is 2.19. The van der Waals surface area contributed by atoms with Gasteiger partial charge in [-0.25, -0.2) is 21.6 Å². The van der Waals surface area contributed by atoms with E-state index < -0.39 is 33.3 Å². The molecule has 2 atom stereocenters. The molecule has 1 fully saturated rings. The highest BCUT2D eigenvalue weighted by Gasteiger charge is 2.31. The quantitative estimate of drug-likeness (QED) is 0.501. The van der Waals surface area contributed by atoms with E-state index in [1.54, 1.807) is 0 Å². The number of sulfone groups is 1. The molecule has 8 heteroatoms. The lowest BCUT2D eigenvalue weighted by molar-refractivity contribution is 0.388. The van der Waals surface area contributed by atoms with Crippen LogP contribution in [0.1, 0.15) is 24.4 Å². The second kappa shape index (κ2) is 5.71. The number of hydrazine groups is 1. The van der Waals surface area contributed by atoms with Crippen molar-refractivity contribution in [2.75, 3.05) is 11.5 Å². The Morgan fingerprint density at radius 2 is 2.00 bits per heavy atom. The maximum Gasteiger partial charge on any atom is 0.194 e. The molecule has 0 aromatic heterocycles. The van der Waals surface area contributed by atoms with Crippen LogP contribution < -0.4 is 11.3 Å². The molecule has 0 amide bonds. The molecule has 112 valence electrons. The van der Waals surface area contributed by atoms with Crippen molar-refractivity contribution in [1.29, 1.82) is 0 Å². The van der Waals surface area contributed by atoms with Gasteiger partial charge in [0.15, 0.2) is 27.3 Å². The van der Waals surface area contributed by atoms with Gasteiger partial charge in [0.05, 0.1) is 11.5 Å². The lowest BCUT2D eigenvalue weighted by Gasteiger charge is -2.20. The van der Waals surface area contributed by atoms with Gasteiger partial charge in [-0.2, -0.15) is 0 Å². The van der Waals surface area contributed by atoms with E-state index in [0.717, 1.165) is 12.1 Å². The van der Waals surface area contributed by atoms with Crippen molar-refractivity contribution in [1.82, 2.24) is 5.43 Å². The Bertz CT molecular complexity index is 607. The van der Waals surface area contributed by atoms with Crippen LogP contribution in [-0.4, -0.2) is 19.9 Å². The maximum absolute atomic E-state index is 13.7. The van der Waals surface area contributed by atoms with Crippen LogP contribution in [0.4, 0.5) is 13.2 Å². The standard InChI is InChI=1S/C12H15F3N2O2S/c13-9-2-1-8(11(14)12(9)15)10(17-16)5-7-3-4-20(18,19)6-7/h1-2,7,10,17H,3-6,16H2. The summed E-state index contributed by atoms with van der Waals surface area (Å²) < 4.78 is 62.5. The van der Waals surface area contributed by atoms with E-state index in [1.807, 2.05) is 0 Å². The summed E-state index contributed by atoms with van der Waals surface area (Å²) in [6.07, 6.45) is 0.712. The number of nitrogens with two attached hydrogens (primary N) is 1. The van der Waals surface area contributed by atoms with E-state index in [0.29, 0.717) is 6.42 Å². The zero-order valence-electron chi connectivity index (χ0n) is 10.6. The van der Waals surface area contributed by atoms with Crippen molar-refractivity contribution in [2.24, 2.45) is 11.8 Å². The summed E-state index contributed by atoms with van der Waals surface area (Å²) in [7, 11) is -3.05.